The summed E-state index contributed by atoms with van der Waals surface area (Å²) in [6, 6.07) is 4.96. The van der Waals surface area contributed by atoms with Gasteiger partial charge < -0.3 is 14.2 Å². The van der Waals surface area contributed by atoms with Crippen LogP contribution in [0.1, 0.15) is 29.7 Å². The van der Waals surface area contributed by atoms with Gasteiger partial charge in [-0.05, 0) is 31.0 Å². The van der Waals surface area contributed by atoms with Gasteiger partial charge in [0, 0.05) is 23.0 Å². The topological polar surface area (TPSA) is 68.5 Å². The van der Waals surface area contributed by atoms with Gasteiger partial charge >= 0.3 is 0 Å². The molecule has 6 nitrogen and oxygen atoms in total. The van der Waals surface area contributed by atoms with E-state index in [9.17, 15) is 4.79 Å². The summed E-state index contributed by atoms with van der Waals surface area (Å²) in [5.74, 6) is 0.950. The first-order valence-electron chi connectivity index (χ1n) is 7.66. The Morgan fingerprint density at radius 1 is 1.42 bits per heavy atom. The Bertz CT molecular complexity index is 735. The summed E-state index contributed by atoms with van der Waals surface area (Å²) in [5.41, 5.74) is 0.896. The Balaban J connectivity index is 1.68. The van der Waals surface area contributed by atoms with Crippen LogP contribution < -0.4 is 0 Å². The largest absolute Gasteiger partial charge is 0.377 e. The van der Waals surface area contributed by atoms with Crippen LogP contribution in [0, 0.1) is 6.92 Å². The Hall–Kier alpha value is -1.63. The van der Waals surface area contributed by atoms with Crippen molar-refractivity contribution in [2.75, 3.05) is 19.8 Å². The molecule has 24 heavy (non-hydrogen) atoms. The number of benzene rings is 1. The van der Waals surface area contributed by atoms with E-state index in [1.165, 1.54) is 0 Å². The highest BCUT2D eigenvalue weighted by Gasteiger charge is 2.32. The number of hydrogen-bond acceptors (Lipinski definition) is 5. The van der Waals surface area contributed by atoms with Crippen molar-refractivity contribution in [3.05, 3.63) is 45.5 Å². The third kappa shape index (κ3) is 3.88. The molecule has 1 saturated heterocycles. The maximum atomic E-state index is 12.7. The highest BCUT2D eigenvalue weighted by molar-refractivity contribution is 6.35. The van der Waals surface area contributed by atoms with Crippen molar-refractivity contribution in [1.82, 2.24) is 15.0 Å². The molecule has 2 heterocycles. The molecule has 0 spiro atoms. The Morgan fingerprint density at radius 3 is 2.96 bits per heavy atom. The number of morpholine rings is 1. The minimum atomic E-state index is -0.340. The van der Waals surface area contributed by atoms with E-state index in [1.807, 2.05) is 6.07 Å². The van der Waals surface area contributed by atoms with Gasteiger partial charge in [0.15, 0.2) is 5.82 Å². The molecule has 1 aliphatic heterocycles. The Kier molecular flexibility index (Phi) is 5.38. The number of aromatic nitrogens is 2. The van der Waals surface area contributed by atoms with E-state index in [0.717, 1.165) is 5.56 Å². The van der Waals surface area contributed by atoms with Crippen LogP contribution in [0.2, 0.25) is 10.0 Å². The second kappa shape index (κ2) is 7.51. The third-order valence-electron chi connectivity index (χ3n) is 3.90. The van der Waals surface area contributed by atoms with Gasteiger partial charge in [-0.15, -0.1) is 0 Å². The van der Waals surface area contributed by atoms with Crippen molar-refractivity contribution in [1.29, 1.82) is 0 Å². The van der Waals surface area contributed by atoms with E-state index < -0.39 is 0 Å². The van der Waals surface area contributed by atoms with Gasteiger partial charge in [0.1, 0.15) is 6.04 Å². The van der Waals surface area contributed by atoms with Crippen molar-refractivity contribution in [3.63, 3.8) is 0 Å². The summed E-state index contributed by atoms with van der Waals surface area (Å²) >= 11 is 12.1. The summed E-state index contributed by atoms with van der Waals surface area (Å²) < 4.78 is 10.7. The van der Waals surface area contributed by atoms with E-state index in [1.54, 1.807) is 24.0 Å². The fraction of sp³-hybridized carbons (Fsp3) is 0.438. The van der Waals surface area contributed by atoms with Gasteiger partial charge in [0.2, 0.25) is 5.91 Å². The van der Waals surface area contributed by atoms with Crippen LogP contribution in [0.4, 0.5) is 0 Å². The standard InChI is InChI=1S/C16H17Cl2N3O3/c1-10-19-16(24-20-10)14-9-23-7-6-21(14)15(22)5-3-11-2-4-12(17)8-13(11)18/h2,4,8,14H,3,5-7,9H2,1H3/t14-/m1/s1. The van der Waals surface area contributed by atoms with Gasteiger partial charge in [-0.2, -0.15) is 4.98 Å². The van der Waals surface area contributed by atoms with E-state index in [4.69, 9.17) is 32.5 Å². The van der Waals surface area contributed by atoms with Gasteiger partial charge in [0.05, 0.1) is 13.2 Å². The lowest BCUT2D eigenvalue weighted by Gasteiger charge is -2.33. The molecule has 0 bridgehead atoms. The lowest BCUT2D eigenvalue weighted by molar-refractivity contribution is -0.141. The Labute approximate surface area is 149 Å². The number of halogens is 2. The molecule has 0 unspecified atom stereocenters. The molecule has 1 aromatic heterocycles. The molecule has 1 atom stereocenters. The van der Waals surface area contributed by atoms with Crippen molar-refractivity contribution in [3.8, 4) is 0 Å². The molecule has 1 fully saturated rings. The number of aryl methyl sites for hydroxylation is 2. The number of carbonyl (C=O) groups excluding carboxylic acids is 1. The number of hydrogen-bond donors (Lipinski definition) is 0. The van der Waals surface area contributed by atoms with Gasteiger partial charge in [0.25, 0.3) is 5.89 Å². The zero-order valence-corrected chi connectivity index (χ0v) is 14.7. The molecule has 0 radical (unpaired) electrons. The molecule has 0 saturated carbocycles. The first-order valence-corrected chi connectivity index (χ1v) is 8.41. The lowest BCUT2D eigenvalue weighted by Crippen LogP contribution is -2.43. The van der Waals surface area contributed by atoms with Crippen LogP contribution in [0.25, 0.3) is 0 Å². The molecule has 128 valence electrons. The zero-order valence-electron chi connectivity index (χ0n) is 13.2. The van der Waals surface area contributed by atoms with Crippen LogP contribution in [0.5, 0.6) is 0 Å². The van der Waals surface area contributed by atoms with E-state index in [2.05, 4.69) is 10.1 Å². The van der Waals surface area contributed by atoms with E-state index in [0.29, 0.717) is 54.4 Å². The average Bonchev–Trinajstić information content (AvgIpc) is 3.00. The molecule has 1 aliphatic rings. The molecule has 3 rings (SSSR count). The highest BCUT2D eigenvalue weighted by Crippen LogP contribution is 2.26. The lowest BCUT2D eigenvalue weighted by atomic mass is 10.1. The predicted molar refractivity (Wildman–Crippen MR) is 89.1 cm³/mol. The van der Waals surface area contributed by atoms with E-state index in [-0.39, 0.29) is 11.9 Å². The number of rotatable bonds is 4. The van der Waals surface area contributed by atoms with Gasteiger partial charge in [-0.3, -0.25) is 4.79 Å². The van der Waals surface area contributed by atoms with Crippen molar-refractivity contribution < 1.29 is 14.1 Å². The number of carbonyl (C=O) groups is 1. The number of nitrogens with zero attached hydrogens (tertiary/aromatic N) is 3. The first-order chi connectivity index (χ1) is 11.5. The quantitative estimate of drug-likeness (QED) is 0.827. The van der Waals surface area contributed by atoms with Crippen LogP contribution in [0.3, 0.4) is 0 Å². The van der Waals surface area contributed by atoms with Crippen LogP contribution in [-0.2, 0) is 16.0 Å². The molecule has 1 amide bonds. The molecular formula is C16H17Cl2N3O3. The summed E-state index contributed by atoms with van der Waals surface area (Å²) in [6.07, 6.45) is 0.882. The highest BCUT2D eigenvalue weighted by atomic mass is 35.5. The third-order valence-corrected chi connectivity index (χ3v) is 4.49. The SMILES string of the molecule is Cc1noc([C@H]2COCCN2C(=O)CCc2ccc(Cl)cc2Cl)n1. The van der Waals surface area contributed by atoms with Gasteiger partial charge in [-0.25, -0.2) is 0 Å². The molecule has 1 aromatic carbocycles. The summed E-state index contributed by atoms with van der Waals surface area (Å²) in [6.45, 7) is 3.09. The minimum absolute atomic E-state index is 0.00479. The molecular weight excluding hydrogens is 353 g/mol. The summed E-state index contributed by atoms with van der Waals surface area (Å²) in [7, 11) is 0. The number of ether oxygens (including phenoxy) is 1. The van der Waals surface area contributed by atoms with Crippen molar-refractivity contribution in [2.24, 2.45) is 0 Å². The van der Waals surface area contributed by atoms with Crippen LogP contribution >= 0.6 is 23.2 Å². The van der Waals surface area contributed by atoms with Crippen LogP contribution in [0.15, 0.2) is 22.7 Å². The molecule has 0 N–H and O–H groups in total. The predicted octanol–water partition coefficient (Wildman–Crippen LogP) is 3.22. The Morgan fingerprint density at radius 2 is 2.25 bits per heavy atom. The monoisotopic (exact) mass is 369 g/mol. The summed E-state index contributed by atoms with van der Waals surface area (Å²) in [5, 5.41) is 4.94. The van der Waals surface area contributed by atoms with Crippen molar-refractivity contribution in [2.45, 2.75) is 25.8 Å². The molecule has 2 aromatic rings. The second-order valence-electron chi connectivity index (χ2n) is 5.59. The first kappa shape index (κ1) is 17.2. The fourth-order valence-corrected chi connectivity index (χ4v) is 3.17. The van der Waals surface area contributed by atoms with E-state index >= 15 is 0 Å². The molecule has 0 aliphatic carbocycles. The zero-order chi connectivity index (χ0) is 17.1. The fourth-order valence-electron chi connectivity index (χ4n) is 2.66. The molecule has 8 heteroatoms. The summed E-state index contributed by atoms with van der Waals surface area (Å²) in [4.78, 5) is 18.6. The number of amides is 1. The van der Waals surface area contributed by atoms with Crippen LogP contribution in [-0.4, -0.2) is 40.7 Å². The second-order valence-corrected chi connectivity index (χ2v) is 6.44. The normalized spacial score (nSPS) is 18.0. The average molecular weight is 370 g/mol. The van der Waals surface area contributed by atoms with Gasteiger partial charge in [-0.1, -0.05) is 34.4 Å². The maximum Gasteiger partial charge on any atom is 0.251 e. The smallest absolute Gasteiger partial charge is 0.251 e. The maximum absolute atomic E-state index is 12.7. The minimum Gasteiger partial charge on any atom is -0.377 e. The van der Waals surface area contributed by atoms with Crippen molar-refractivity contribution >= 4 is 29.1 Å².